The quantitative estimate of drug-likeness (QED) is 0.650. The number of hydrogen-bond acceptors (Lipinski definition) is 5. The summed E-state index contributed by atoms with van der Waals surface area (Å²) in [5.41, 5.74) is 2.82. The fourth-order valence-electron chi connectivity index (χ4n) is 2.81. The van der Waals surface area contributed by atoms with E-state index in [1.165, 1.54) is 0 Å². The Morgan fingerprint density at radius 3 is 2.22 bits per heavy atom. The summed E-state index contributed by atoms with van der Waals surface area (Å²) in [4.78, 5) is 0. The van der Waals surface area contributed by atoms with E-state index in [1.54, 1.807) is 14.2 Å². The molecule has 0 atom stereocenters. The molecule has 2 aromatic carbocycles. The van der Waals surface area contributed by atoms with E-state index in [4.69, 9.17) is 9.47 Å². The molecule has 0 spiro atoms. The summed E-state index contributed by atoms with van der Waals surface area (Å²) in [5, 5.41) is 3.36. The summed E-state index contributed by atoms with van der Waals surface area (Å²) in [5.74, 6) is 1.34. The van der Waals surface area contributed by atoms with Gasteiger partial charge in [0.15, 0.2) is 11.5 Å². The molecule has 0 aliphatic carbocycles. The Kier molecular flexibility index (Phi) is 7.65. The predicted molar refractivity (Wildman–Crippen MR) is 107 cm³/mol. The summed E-state index contributed by atoms with van der Waals surface area (Å²) in [6.07, 6.45) is 0. The first-order chi connectivity index (χ1) is 12.8. The highest BCUT2D eigenvalue weighted by molar-refractivity contribution is 7.88. The summed E-state index contributed by atoms with van der Waals surface area (Å²) in [7, 11) is -0.144. The zero-order valence-electron chi connectivity index (χ0n) is 16.3. The van der Waals surface area contributed by atoms with E-state index in [0.29, 0.717) is 24.6 Å². The van der Waals surface area contributed by atoms with Gasteiger partial charge in [0, 0.05) is 19.1 Å². The van der Waals surface area contributed by atoms with Crippen molar-refractivity contribution in [3.05, 3.63) is 59.2 Å². The van der Waals surface area contributed by atoms with Gasteiger partial charge in [0.25, 0.3) is 0 Å². The number of ether oxygens (including phenoxy) is 2. The highest BCUT2D eigenvalue weighted by Gasteiger charge is 2.15. The topological polar surface area (TPSA) is 76.7 Å². The van der Waals surface area contributed by atoms with Crippen LogP contribution in [0.5, 0.6) is 11.5 Å². The van der Waals surface area contributed by atoms with Gasteiger partial charge in [-0.15, -0.1) is 0 Å². The maximum Gasteiger partial charge on any atom is 0.216 e. The number of benzene rings is 2. The normalized spacial score (nSPS) is 11.6. The molecule has 7 heteroatoms. The van der Waals surface area contributed by atoms with E-state index in [0.717, 1.165) is 16.7 Å². The second kappa shape index (κ2) is 9.73. The SMILES string of the molecule is COc1ccc(CNCc2ccccc2CS(=O)(=O)NC(C)C)cc1OC. The van der Waals surface area contributed by atoms with E-state index in [1.807, 2.05) is 56.3 Å². The van der Waals surface area contributed by atoms with Gasteiger partial charge in [-0.1, -0.05) is 30.3 Å². The van der Waals surface area contributed by atoms with Crippen LogP contribution in [-0.4, -0.2) is 28.7 Å². The monoisotopic (exact) mass is 392 g/mol. The lowest BCUT2D eigenvalue weighted by Crippen LogP contribution is -2.31. The van der Waals surface area contributed by atoms with Crippen molar-refractivity contribution in [2.24, 2.45) is 0 Å². The third kappa shape index (κ3) is 6.53. The molecule has 0 heterocycles. The summed E-state index contributed by atoms with van der Waals surface area (Å²) in [6.45, 7) is 4.83. The molecule has 6 nitrogen and oxygen atoms in total. The smallest absolute Gasteiger partial charge is 0.216 e. The van der Waals surface area contributed by atoms with Gasteiger partial charge in [-0.3, -0.25) is 0 Å². The number of nitrogens with one attached hydrogen (secondary N) is 2. The van der Waals surface area contributed by atoms with Crippen molar-refractivity contribution in [2.45, 2.75) is 38.7 Å². The van der Waals surface area contributed by atoms with Gasteiger partial charge in [-0.25, -0.2) is 13.1 Å². The van der Waals surface area contributed by atoms with Crippen LogP contribution in [0.15, 0.2) is 42.5 Å². The zero-order chi connectivity index (χ0) is 19.9. The second-order valence-electron chi connectivity index (χ2n) is 6.59. The molecule has 2 aromatic rings. The minimum Gasteiger partial charge on any atom is -0.493 e. The van der Waals surface area contributed by atoms with Gasteiger partial charge in [0.1, 0.15) is 0 Å². The molecule has 0 bridgehead atoms. The van der Waals surface area contributed by atoms with E-state index < -0.39 is 10.0 Å². The van der Waals surface area contributed by atoms with E-state index >= 15 is 0 Å². The largest absolute Gasteiger partial charge is 0.493 e. The van der Waals surface area contributed by atoms with Crippen molar-refractivity contribution in [1.82, 2.24) is 10.0 Å². The predicted octanol–water partition coefficient (Wildman–Crippen LogP) is 2.82. The maximum atomic E-state index is 12.2. The third-order valence-electron chi connectivity index (χ3n) is 3.97. The van der Waals surface area contributed by atoms with E-state index in [2.05, 4.69) is 10.0 Å². The molecule has 148 valence electrons. The maximum absolute atomic E-state index is 12.2. The number of rotatable bonds is 10. The summed E-state index contributed by atoms with van der Waals surface area (Å²) < 4.78 is 37.7. The lowest BCUT2D eigenvalue weighted by Gasteiger charge is -2.14. The van der Waals surface area contributed by atoms with Gasteiger partial charge >= 0.3 is 0 Å². The lowest BCUT2D eigenvalue weighted by atomic mass is 10.1. The molecule has 2 N–H and O–H groups in total. The standard InChI is InChI=1S/C20H28N2O4S/c1-15(2)22-27(23,24)14-18-8-6-5-7-17(18)13-21-12-16-9-10-19(25-3)20(11-16)26-4/h5-11,15,21-22H,12-14H2,1-4H3. The van der Waals surface area contributed by atoms with E-state index in [-0.39, 0.29) is 11.8 Å². The Balaban J connectivity index is 2.03. The molecule has 27 heavy (non-hydrogen) atoms. The average molecular weight is 393 g/mol. The van der Waals surface area contributed by atoms with Crippen LogP contribution in [0.2, 0.25) is 0 Å². The van der Waals surface area contributed by atoms with Crippen molar-refractivity contribution in [3.8, 4) is 11.5 Å². The molecular formula is C20H28N2O4S. The van der Waals surface area contributed by atoms with Crippen LogP contribution >= 0.6 is 0 Å². The molecule has 0 saturated heterocycles. The van der Waals surface area contributed by atoms with Crippen LogP contribution in [0.3, 0.4) is 0 Å². The van der Waals surface area contributed by atoms with Crippen LogP contribution < -0.4 is 19.5 Å². The molecule has 0 aliphatic heterocycles. The highest BCUT2D eigenvalue weighted by atomic mass is 32.2. The first-order valence-electron chi connectivity index (χ1n) is 8.83. The van der Waals surface area contributed by atoms with Crippen molar-refractivity contribution in [1.29, 1.82) is 0 Å². The Morgan fingerprint density at radius 1 is 0.926 bits per heavy atom. The first kappa shape index (κ1) is 21.2. The molecule has 2 rings (SSSR count). The molecule has 0 aromatic heterocycles. The molecule has 0 aliphatic rings. The molecule has 0 saturated carbocycles. The van der Waals surface area contributed by atoms with Gasteiger partial charge in [-0.05, 0) is 42.7 Å². The minimum absolute atomic E-state index is 0.0284. The van der Waals surface area contributed by atoms with Crippen LogP contribution in [-0.2, 0) is 28.9 Å². The van der Waals surface area contributed by atoms with Gasteiger partial charge in [0.05, 0.1) is 20.0 Å². The van der Waals surface area contributed by atoms with Crippen LogP contribution in [0.4, 0.5) is 0 Å². The average Bonchev–Trinajstić information content (AvgIpc) is 2.61. The van der Waals surface area contributed by atoms with Gasteiger partial charge < -0.3 is 14.8 Å². The van der Waals surface area contributed by atoms with Gasteiger partial charge in [-0.2, -0.15) is 0 Å². The Labute approximate surface area is 161 Å². The van der Waals surface area contributed by atoms with Crippen molar-refractivity contribution in [2.75, 3.05) is 14.2 Å². The lowest BCUT2D eigenvalue weighted by molar-refractivity contribution is 0.354. The second-order valence-corrected chi connectivity index (χ2v) is 8.35. The van der Waals surface area contributed by atoms with Crippen molar-refractivity contribution >= 4 is 10.0 Å². The number of sulfonamides is 1. The molecule has 0 unspecified atom stereocenters. The Hall–Kier alpha value is -2.09. The van der Waals surface area contributed by atoms with Crippen LogP contribution in [0, 0.1) is 0 Å². The highest BCUT2D eigenvalue weighted by Crippen LogP contribution is 2.27. The first-order valence-corrected chi connectivity index (χ1v) is 10.5. The molecule has 0 radical (unpaired) electrons. The fraction of sp³-hybridized carbons (Fsp3) is 0.400. The summed E-state index contributed by atoms with van der Waals surface area (Å²) >= 11 is 0. The Morgan fingerprint density at radius 2 is 1.59 bits per heavy atom. The third-order valence-corrected chi connectivity index (χ3v) is 5.49. The molecule has 0 amide bonds. The molecular weight excluding hydrogens is 364 g/mol. The number of methoxy groups -OCH3 is 2. The van der Waals surface area contributed by atoms with Crippen LogP contribution in [0.25, 0.3) is 0 Å². The fourth-order valence-corrected chi connectivity index (χ4v) is 4.30. The Bertz CT molecular complexity index is 851. The zero-order valence-corrected chi connectivity index (χ0v) is 17.1. The number of hydrogen-bond donors (Lipinski definition) is 2. The van der Waals surface area contributed by atoms with Crippen molar-refractivity contribution in [3.63, 3.8) is 0 Å². The van der Waals surface area contributed by atoms with Crippen molar-refractivity contribution < 1.29 is 17.9 Å². The van der Waals surface area contributed by atoms with Crippen LogP contribution in [0.1, 0.15) is 30.5 Å². The molecule has 0 fully saturated rings. The summed E-state index contributed by atoms with van der Waals surface area (Å²) in [6, 6.07) is 13.2. The minimum atomic E-state index is -3.36. The van der Waals surface area contributed by atoms with Gasteiger partial charge in [0.2, 0.25) is 10.0 Å². The van der Waals surface area contributed by atoms with E-state index in [9.17, 15) is 8.42 Å².